The van der Waals surface area contributed by atoms with Gasteiger partial charge in [0.15, 0.2) is 11.6 Å². The fourth-order valence-corrected chi connectivity index (χ4v) is 6.35. The first kappa shape index (κ1) is 26.7. The standard InChI is InChI=1S/C24H27F3N8O4S/c1-40(37,38)33-6-4-32(5-7-33)23(36)14-8-19-22(34-12-16-3-2-15(34)13-39-16)30-21(31-35(19)11-14)17-10-29-20(28)9-18(17)24(25,26)27/h8-11,15-16H,2-7,12-13H2,1H3,(H2,28,29). The minimum atomic E-state index is -4.73. The van der Waals surface area contributed by atoms with E-state index in [0.717, 1.165) is 31.4 Å². The lowest BCUT2D eigenvalue weighted by atomic mass is 9.97. The first-order valence-corrected chi connectivity index (χ1v) is 14.6. The SMILES string of the molecule is CS(=O)(=O)N1CCN(C(=O)c2cc3c(N4CC5CCC4CO5)nc(-c4cnc(N)cc4C(F)(F)F)nn3c2)CC1. The third-order valence-electron chi connectivity index (χ3n) is 7.62. The minimum Gasteiger partial charge on any atom is -0.384 e. The molecule has 4 saturated heterocycles. The molecule has 3 aromatic rings. The molecule has 0 aromatic carbocycles. The number of hydrogen-bond acceptors (Lipinski definition) is 9. The van der Waals surface area contributed by atoms with E-state index in [0.29, 0.717) is 24.5 Å². The van der Waals surface area contributed by atoms with E-state index in [9.17, 15) is 26.4 Å². The average Bonchev–Trinajstić information content (AvgIpc) is 3.36. The van der Waals surface area contributed by atoms with Crippen molar-refractivity contribution >= 4 is 33.1 Å². The Kier molecular flexibility index (Phi) is 6.38. The summed E-state index contributed by atoms with van der Waals surface area (Å²) in [5, 5.41) is 4.37. The van der Waals surface area contributed by atoms with Gasteiger partial charge in [-0.15, -0.1) is 5.10 Å². The van der Waals surface area contributed by atoms with Crippen LogP contribution >= 0.6 is 0 Å². The van der Waals surface area contributed by atoms with Crippen LogP contribution in [0, 0.1) is 0 Å². The van der Waals surface area contributed by atoms with Crippen LogP contribution in [0.5, 0.6) is 0 Å². The number of rotatable bonds is 4. The number of carbonyl (C=O) groups is 1. The Morgan fingerprint density at radius 3 is 2.50 bits per heavy atom. The van der Waals surface area contributed by atoms with Gasteiger partial charge in [0.1, 0.15) is 11.3 Å². The van der Waals surface area contributed by atoms with Crippen molar-refractivity contribution in [2.45, 2.75) is 31.2 Å². The number of halogens is 3. The number of pyridine rings is 1. The summed E-state index contributed by atoms with van der Waals surface area (Å²) in [4.78, 5) is 25.4. The van der Waals surface area contributed by atoms with Crippen molar-refractivity contribution in [3.8, 4) is 11.4 Å². The van der Waals surface area contributed by atoms with Crippen molar-refractivity contribution in [1.82, 2.24) is 28.8 Å². The third kappa shape index (κ3) is 4.83. The van der Waals surface area contributed by atoms with E-state index < -0.39 is 21.8 Å². The minimum absolute atomic E-state index is 0.0266. The van der Waals surface area contributed by atoms with Crippen LogP contribution in [0.15, 0.2) is 24.5 Å². The number of sulfonamides is 1. The number of piperazine rings is 1. The predicted octanol–water partition coefficient (Wildman–Crippen LogP) is 1.48. The quantitative estimate of drug-likeness (QED) is 0.486. The van der Waals surface area contributed by atoms with Gasteiger partial charge >= 0.3 is 6.18 Å². The number of nitrogens with two attached hydrogens (primary N) is 1. The monoisotopic (exact) mass is 580 g/mol. The molecule has 7 rings (SSSR count). The van der Waals surface area contributed by atoms with E-state index in [2.05, 4.69) is 15.1 Å². The topological polar surface area (TPSA) is 139 Å². The van der Waals surface area contributed by atoms with Gasteiger partial charge in [-0.1, -0.05) is 0 Å². The normalized spacial score (nSPS) is 22.3. The van der Waals surface area contributed by atoms with Gasteiger partial charge in [0.25, 0.3) is 5.91 Å². The molecule has 214 valence electrons. The maximum Gasteiger partial charge on any atom is 0.417 e. The Hall–Kier alpha value is -3.50. The lowest BCUT2D eigenvalue weighted by molar-refractivity contribution is -0.137. The van der Waals surface area contributed by atoms with E-state index in [1.54, 1.807) is 11.0 Å². The van der Waals surface area contributed by atoms with Crippen molar-refractivity contribution in [2.24, 2.45) is 0 Å². The second-order valence-corrected chi connectivity index (χ2v) is 12.2. The molecule has 16 heteroatoms. The van der Waals surface area contributed by atoms with Crippen molar-refractivity contribution in [1.29, 1.82) is 0 Å². The van der Waals surface area contributed by atoms with Crippen LogP contribution in [0.4, 0.5) is 24.8 Å². The molecule has 2 bridgehead atoms. The summed E-state index contributed by atoms with van der Waals surface area (Å²) in [6.07, 6.45) is 0.549. The Labute approximate surface area is 227 Å². The summed E-state index contributed by atoms with van der Waals surface area (Å²) < 4.78 is 74.1. The highest BCUT2D eigenvalue weighted by atomic mass is 32.2. The summed E-state index contributed by atoms with van der Waals surface area (Å²) in [7, 11) is -3.37. The number of amides is 1. The molecular formula is C24H27F3N8O4S. The van der Waals surface area contributed by atoms with Crippen molar-refractivity contribution in [3.63, 3.8) is 0 Å². The highest BCUT2D eigenvalue weighted by Crippen LogP contribution is 2.38. The van der Waals surface area contributed by atoms with Gasteiger partial charge in [-0.05, 0) is 25.0 Å². The molecule has 2 N–H and O–H groups in total. The first-order chi connectivity index (χ1) is 18.9. The van der Waals surface area contributed by atoms with Crippen LogP contribution < -0.4 is 10.6 Å². The van der Waals surface area contributed by atoms with Gasteiger partial charge in [-0.2, -0.15) is 17.5 Å². The van der Waals surface area contributed by atoms with Crippen molar-refractivity contribution in [3.05, 3.63) is 35.7 Å². The number of morpholine rings is 1. The van der Waals surface area contributed by atoms with E-state index in [1.807, 2.05) is 4.90 Å². The third-order valence-corrected chi connectivity index (χ3v) is 8.92. The number of fused-ring (bicyclic) bond motifs is 4. The van der Waals surface area contributed by atoms with E-state index in [1.165, 1.54) is 15.0 Å². The number of aromatic nitrogens is 4. The van der Waals surface area contributed by atoms with Gasteiger partial charge in [0.2, 0.25) is 10.0 Å². The highest BCUT2D eigenvalue weighted by molar-refractivity contribution is 7.88. The first-order valence-electron chi connectivity index (χ1n) is 12.7. The molecule has 0 aliphatic carbocycles. The number of hydrogen-bond donors (Lipinski definition) is 1. The Morgan fingerprint density at radius 1 is 1.15 bits per heavy atom. The number of ether oxygens (including phenoxy) is 1. The fourth-order valence-electron chi connectivity index (χ4n) is 5.53. The summed E-state index contributed by atoms with van der Waals surface area (Å²) in [6.45, 7) is 1.74. The maximum atomic E-state index is 14.0. The van der Waals surface area contributed by atoms with Gasteiger partial charge in [0, 0.05) is 45.1 Å². The van der Waals surface area contributed by atoms with Crippen molar-refractivity contribution in [2.75, 3.05) is 56.2 Å². The number of nitrogens with zero attached hydrogens (tertiary/aromatic N) is 7. The van der Waals surface area contributed by atoms with E-state index in [-0.39, 0.29) is 67.0 Å². The number of piperidine rings is 1. The Bertz CT molecular complexity index is 1580. The summed E-state index contributed by atoms with van der Waals surface area (Å²) >= 11 is 0. The Morgan fingerprint density at radius 2 is 1.90 bits per heavy atom. The zero-order valence-electron chi connectivity index (χ0n) is 21.5. The van der Waals surface area contributed by atoms with Crippen LogP contribution in [-0.2, 0) is 20.9 Å². The van der Waals surface area contributed by atoms with Gasteiger partial charge in [-0.3, -0.25) is 4.79 Å². The predicted molar refractivity (Wildman–Crippen MR) is 138 cm³/mol. The molecule has 0 spiro atoms. The van der Waals surface area contributed by atoms with Gasteiger partial charge in [0.05, 0.1) is 41.7 Å². The van der Waals surface area contributed by atoms with E-state index >= 15 is 0 Å². The molecular weight excluding hydrogens is 553 g/mol. The molecule has 3 aromatic heterocycles. The highest BCUT2D eigenvalue weighted by Gasteiger charge is 2.39. The van der Waals surface area contributed by atoms with Crippen LogP contribution in [0.2, 0.25) is 0 Å². The van der Waals surface area contributed by atoms with Crippen LogP contribution in [-0.4, -0.2) is 101 Å². The zero-order chi connectivity index (χ0) is 28.4. The van der Waals surface area contributed by atoms with Gasteiger partial charge < -0.3 is 20.3 Å². The van der Waals surface area contributed by atoms with Crippen LogP contribution in [0.25, 0.3) is 16.9 Å². The molecule has 0 saturated carbocycles. The van der Waals surface area contributed by atoms with Crippen LogP contribution in [0.1, 0.15) is 28.8 Å². The molecule has 1 amide bonds. The second-order valence-electron chi connectivity index (χ2n) is 10.3. The largest absolute Gasteiger partial charge is 0.417 e. The summed E-state index contributed by atoms with van der Waals surface area (Å²) in [5.74, 6) is -0.428. The average molecular weight is 581 g/mol. The molecule has 2 unspecified atom stereocenters. The lowest BCUT2D eigenvalue weighted by Crippen LogP contribution is -2.55. The van der Waals surface area contributed by atoms with Crippen molar-refractivity contribution < 1.29 is 31.1 Å². The second kappa shape index (κ2) is 9.55. The lowest BCUT2D eigenvalue weighted by Gasteiger charge is -2.45. The molecule has 12 nitrogen and oxygen atoms in total. The number of nitrogen functional groups attached to an aromatic ring is 1. The Balaban J connectivity index is 1.43. The molecule has 7 heterocycles. The number of alkyl halides is 3. The number of anilines is 2. The molecule has 4 fully saturated rings. The molecule has 2 atom stereocenters. The summed E-state index contributed by atoms with van der Waals surface area (Å²) in [5.41, 5.74) is 4.95. The fraction of sp³-hybridized carbons (Fsp3) is 0.500. The summed E-state index contributed by atoms with van der Waals surface area (Å²) in [6, 6.07) is 2.35. The maximum absolute atomic E-state index is 14.0. The number of carbonyl (C=O) groups excluding carboxylic acids is 1. The molecule has 4 aliphatic rings. The smallest absolute Gasteiger partial charge is 0.384 e. The molecule has 40 heavy (non-hydrogen) atoms. The van der Waals surface area contributed by atoms with Crippen LogP contribution in [0.3, 0.4) is 0 Å². The zero-order valence-corrected chi connectivity index (χ0v) is 22.3. The van der Waals surface area contributed by atoms with E-state index in [4.69, 9.17) is 10.5 Å². The molecule has 0 radical (unpaired) electrons. The molecule has 4 aliphatic heterocycles. The van der Waals surface area contributed by atoms with Gasteiger partial charge in [-0.25, -0.2) is 22.9 Å².